The lowest BCUT2D eigenvalue weighted by atomic mass is 10.2. The summed E-state index contributed by atoms with van der Waals surface area (Å²) in [6.07, 6.45) is 0. The number of hydrogen-bond donors (Lipinski definition) is 3. The minimum Gasteiger partial charge on any atom is -0.378 e. The van der Waals surface area contributed by atoms with Crippen LogP contribution in [0.15, 0.2) is 78.9 Å². The molecule has 3 aromatic carbocycles. The zero-order valence-electron chi connectivity index (χ0n) is 17.0. The number of anilines is 4. The Bertz CT molecular complexity index is 1030. The first-order valence-electron chi connectivity index (χ1n) is 10.1. The molecule has 1 aliphatic rings. The van der Waals surface area contributed by atoms with Crippen LogP contribution >= 0.6 is 0 Å². The predicted molar refractivity (Wildman–Crippen MR) is 123 cm³/mol. The zero-order valence-corrected chi connectivity index (χ0v) is 17.0. The number of rotatable bonds is 5. The van der Waals surface area contributed by atoms with E-state index in [0.717, 1.165) is 24.5 Å². The zero-order chi connectivity index (χ0) is 21.5. The lowest BCUT2D eigenvalue weighted by Gasteiger charge is -2.29. The van der Waals surface area contributed by atoms with E-state index in [4.69, 9.17) is 4.74 Å². The van der Waals surface area contributed by atoms with E-state index in [-0.39, 0.29) is 11.9 Å². The molecule has 7 nitrogen and oxygen atoms in total. The highest BCUT2D eigenvalue weighted by atomic mass is 16.5. The summed E-state index contributed by atoms with van der Waals surface area (Å²) < 4.78 is 5.40. The molecule has 0 aromatic heterocycles. The average Bonchev–Trinajstić information content (AvgIpc) is 2.81. The Morgan fingerprint density at radius 3 is 2.06 bits per heavy atom. The highest BCUT2D eigenvalue weighted by molar-refractivity contribution is 6.05. The van der Waals surface area contributed by atoms with E-state index >= 15 is 0 Å². The molecule has 158 valence electrons. The maximum absolute atomic E-state index is 12.6. The summed E-state index contributed by atoms with van der Waals surface area (Å²) in [7, 11) is 0. The third kappa shape index (κ3) is 5.61. The van der Waals surface area contributed by atoms with Crippen molar-refractivity contribution in [1.29, 1.82) is 0 Å². The fourth-order valence-corrected chi connectivity index (χ4v) is 3.33. The Morgan fingerprint density at radius 2 is 1.35 bits per heavy atom. The summed E-state index contributed by atoms with van der Waals surface area (Å²) in [6, 6.07) is 23.4. The highest BCUT2D eigenvalue weighted by Gasteiger charge is 2.13. The van der Waals surface area contributed by atoms with Crippen molar-refractivity contribution in [2.45, 2.75) is 0 Å². The number of morpholine rings is 1. The molecule has 1 saturated heterocycles. The smallest absolute Gasteiger partial charge is 0.323 e. The molecule has 1 fully saturated rings. The Kier molecular flexibility index (Phi) is 6.44. The monoisotopic (exact) mass is 416 g/mol. The van der Waals surface area contributed by atoms with Crippen LogP contribution < -0.4 is 20.9 Å². The Labute approximate surface area is 181 Å². The molecule has 4 rings (SSSR count). The van der Waals surface area contributed by atoms with Gasteiger partial charge in [0.25, 0.3) is 5.91 Å². The Morgan fingerprint density at radius 1 is 0.710 bits per heavy atom. The van der Waals surface area contributed by atoms with Gasteiger partial charge >= 0.3 is 6.03 Å². The molecule has 3 amide bonds. The third-order valence-corrected chi connectivity index (χ3v) is 4.92. The molecule has 1 heterocycles. The highest BCUT2D eigenvalue weighted by Crippen LogP contribution is 2.21. The molecular weight excluding hydrogens is 392 g/mol. The van der Waals surface area contributed by atoms with Gasteiger partial charge in [0, 0.05) is 41.4 Å². The molecule has 7 heteroatoms. The lowest BCUT2D eigenvalue weighted by Crippen LogP contribution is -2.36. The van der Waals surface area contributed by atoms with Crippen molar-refractivity contribution >= 4 is 34.7 Å². The molecule has 3 N–H and O–H groups in total. The number of hydrogen-bond acceptors (Lipinski definition) is 4. The maximum Gasteiger partial charge on any atom is 0.323 e. The number of para-hydroxylation sites is 1. The van der Waals surface area contributed by atoms with Crippen LogP contribution in [-0.4, -0.2) is 38.2 Å². The van der Waals surface area contributed by atoms with E-state index in [1.165, 1.54) is 0 Å². The number of nitrogens with one attached hydrogen (secondary N) is 3. The van der Waals surface area contributed by atoms with Gasteiger partial charge in [-0.1, -0.05) is 24.3 Å². The number of carbonyl (C=O) groups is 2. The lowest BCUT2D eigenvalue weighted by molar-refractivity contribution is 0.102. The van der Waals surface area contributed by atoms with Crippen LogP contribution in [0.1, 0.15) is 10.4 Å². The van der Waals surface area contributed by atoms with Crippen molar-refractivity contribution in [2.75, 3.05) is 47.2 Å². The van der Waals surface area contributed by atoms with Crippen LogP contribution in [0.5, 0.6) is 0 Å². The molecular formula is C24H24N4O3. The van der Waals surface area contributed by atoms with E-state index in [1.807, 2.05) is 42.5 Å². The van der Waals surface area contributed by atoms with Crippen LogP contribution in [-0.2, 0) is 4.74 Å². The van der Waals surface area contributed by atoms with Gasteiger partial charge < -0.3 is 25.6 Å². The fraction of sp³-hybridized carbons (Fsp3) is 0.167. The van der Waals surface area contributed by atoms with Crippen LogP contribution in [0.2, 0.25) is 0 Å². The first-order valence-corrected chi connectivity index (χ1v) is 10.1. The second kappa shape index (κ2) is 9.77. The quantitative estimate of drug-likeness (QED) is 0.575. The van der Waals surface area contributed by atoms with Crippen molar-refractivity contribution in [1.82, 2.24) is 0 Å². The van der Waals surface area contributed by atoms with Crippen molar-refractivity contribution in [3.05, 3.63) is 84.4 Å². The van der Waals surface area contributed by atoms with Crippen LogP contribution in [0, 0.1) is 0 Å². The fourth-order valence-electron chi connectivity index (χ4n) is 3.33. The van der Waals surface area contributed by atoms with E-state index in [2.05, 4.69) is 20.9 Å². The van der Waals surface area contributed by atoms with Gasteiger partial charge in [0.1, 0.15) is 0 Å². The van der Waals surface area contributed by atoms with Crippen molar-refractivity contribution in [3.8, 4) is 0 Å². The van der Waals surface area contributed by atoms with Gasteiger partial charge in [0.2, 0.25) is 0 Å². The summed E-state index contributed by atoms with van der Waals surface area (Å²) in [5.74, 6) is -0.209. The number of nitrogens with zero attached hydrogens (tertiary/aromatic N) is 1. The Hall–Kier alpha value is -3.84. The molecule has 0 saturated carbocycles. The van der Waals surface area contributed by atoms with Crippen molar-refractivity contribution in [3.63, 3.8) is 0 Å². The second-order valence-electron chi connectivity index (χ2n) is 7.13. The number of urea groups is 1. The first kappa shape index (κ1) is 20.4. The molecule has 0 aliphatic carbocycles. The van der Waals surface area contributed by atoms with Gasteiger partial charge in [-0.3, -0.25) is 4.79 Å². The summed E-state index contributed by atoms with van der Waals surface area (Å²) in [5, 5.41) is 8.44. The minimum atomic E-state index is -0.344. The molecule has 3 aromatic rings. The summed E-state index contributed by atoms with van der Waals surface area (Å²) in [5.41, 5.74) is 3.60. The van der Waals surface area contributed by atoms with Crippen molar-refractivity contribution in [2.24, 2.45) is 0 Å². The standard InChI is InChI=1S/C24H24N4O3/c29-23(25-21-7-4-8-22(17-21)28-13-15-31-16-14-28)18-9-11-20(12-10-18)27-24(30)26-19-5-2-1-3-6-19/h1-12,17H,13-16H2,(H,25,29)(H2,26,27,30). The predicted octanol–water partition coefficient (Wildman–Crippen LogP) is 4.42. The van der Waals surface area contributed by atoms with Crippen LogP contribution in [0.25, 0.3) is 0 Å². The van der Waals surface area contributed by atoms with Gasteiger partial charge in [-0.05, 0) is 54.6 Å². The van der Waals surface area contributed by atoms with E-state index in [9.17, 15) is 9.59 Å². The molecule has 0 spiro atoms. The van der Waals surface area contributed by atoms with Crippen molar-refractivity contribution < 1.29 is 14.3 Å². The van der Waals surface area contributed by atoms with Gasteiger partial charge in [0.05, 0.1) is 13.2 Å². The molecule has 0 radical (unpaired) electrons. The second-order valence-corrected chi connectivity index (χ2v) is 7.13. The van der Waals surface area contributed by atoms with E-state index in [0.29, 0.717) is 30.2 Å². The summed E-state index contributed by atoms with van der Waals surface area (Å²) in [6.45, 7) is 3.09. The molecule has 0 atom stereocenters. The van der Waals surface area contributed by atoms with Crippen LogP contribution in [0.4, 0.5) is 27.5 Å². The van der Waals surface area contributed by atoms with Gasteiger partial charge in [0.15, 0.2) is 0 Å². The van der Waals surface area contributed by atoms with Crippen LogP contribution in [0.3, 0.4) is 0 Å². The number of benzene rings is 3. The van der Waals surface area contributed by atoms with Gasteiger partial charge in [-0.15, -0.1) is 0 Å². The van der Waals surface area contributed by atoms with E-state index in [1.54, 1.807) is 36.4 Å². The summed E-state index contributed by atoms with van der Waals surface area (Å²) >= 11 is 0. The van der Waals surface area contributed by atoms with E-state index < -0.39 is 0 Å². The Balaban J connectivity index is 1.34. The molecule has 0 unspecified atom stereocenters. The topological polar surface area (TPSA) is 82.7 Å². The molecule has 31 heavy (non-hydrogen) atoms. The normalized spacial score (nSPS) is 13.4. The molecule has 1 aliphatic heterocycles. The average molecular weight is 416 g/mol. The largest absolute Gasteiger partial charge is 0.378 e. The third-order valence-electron chi connectivity index (χ3n) is 4.92. The molecule has 0 bridgehead atoms. The number of carbonyl (C=O) groups excluding carboxylic acids is 2. The first-order chi connectivity index (χ1) is 15.2. The number of amides is 3. The van der Waals surface area contributed by atoms with Gasteiger partial charge in [-0.2, -0.15) is 0 Å². The number of ether oxygens (including phenoxy) is 1. The van der Waals surface area contributed by atoms with Gasteiger partial charge in [-0.25, -0.2) is 4.79 Å². The maximum atomic E-state index is 12.6. The minimum absolute atomic E-state index is 0.209. The SMILES string of the molecule is O=C(Nc1ccccc1)Nc1ccc(C(=O)Nc2cccc(N3CCOCC3)c2)cc1. The summed E-state index contributed by atoms with van der Waals surface area (Å²) in [4.78, 5) is 27.0.